The Bertz CT molecular complexity index is 972. The fraction of sp³-hybridized carbons (Fsp3) is 0.316. The van der Waals surface area contributed by atoms with Crippen LogP contribution in [0.5, 0.6) is 11.5 Å². The van der Waals surface area contributed by atoms with Crippen LogP contribution < -0.4 is 9.47 Å². The standard InChI is InChI=1S/C19H21ClN2O5S/c1-26-15-5-3-4-14(12-15)19(23)21-8-10-22(11-9-21)28(24,25)16-6-7-18(27-2)17(20)13-16/h3-7,12-13H,8-11H2,1-2H3. The van der Waals surface area contributed by atoms with Gasteiger partial charge in [0.05, 0.1) is 24.1 Å². The number of benzene rings is 2. The topological polar surface area (TPSA) is 76.2 Å². The van der Waals surface area contributed by atoms with Gasteiger partial charge in [-0.25, -0.2) is 8.42 Å². The van der Waals surface area contributed by atoms with E-state index in [9.17, 15) is 13.2 Å². The molecule has 0 aliphatic carbocycles. The molecule has 0 radical (unpaired) electrons. The molecule has 0 N–H and O–H groups in total. The Morgan fingerprint density at radius 3 is 2.32 bits per heavy atom. The number of nitrogens with zero attached hydrogens (tertiary/aromatic N) is 2. The number of carbonyl (C=O) groups is 1. The minimum Gasteiger partial charge on any atom is -0.497 e. The molecule has 2 aromatic carbocycles. The number of hydrogen-bond donors (Lipinski definition) is 0. The van der Waals surface area contributed by atoms with Crippen LogP contribution in [0.25, 0.3) is 0 Å². The summed E-state index contributed by atoms with van der Waals surface area (Å²) in [6, 6.07) is 11.3. The van der Waals surface area contributed by atoms with E-state index in [2.05, 4.69) is 0 Å². The number of carbonyl (C=O) groups excluding carboxylic acids is 1. The van der Waals surface area contributed by atoms with Crippen molar-refractivity contribution in [3.8, 4) is 11.5 Å². The predicted octanol–water partition coefficient (Wildman–Crippen LogP) is 2.50. The van der Waals surface area contributed by atoms with Gasteiger partial charge in [0.15, 0.2) is 0 Å². The zero-order valence-corrected chi connectivity index (χ0v) is 17.2. The number of piperazine rings is 1. The first-order valence-electron chi connectivity index (χ1n) is 8.64. The average Bonchev–Trinajstić information content (AvgIpc) is 2.73. The Hall–Kier alpha value is -2.29. The summed E-state index contributed by atoms with van der Waals surface area (Å²) in [7, 11) is -0.692. The molecule has 9 heteroatoms. The van der Waals surface area contributed by atoms with Gasteiger partial charge >= 0.3 is 0 Å². The third-order valence-corrected chi connectivity index (χ3v) is 6.79. The molecule has 0 atom stereocenters. The fourth-order valence-electron chi connectivity index (χ4n) is 3.03. The van der Waals surface area contributed by atoms with Crippen molar-refractivity contribution in [2.24, 2.45) is 0 Å². The van der Waals surface area contributed by atoms with Crippen molar-refractivity contribution >= 4 is 27.5 Å². The highest BCUT2D eigenvalue weighted by Gasteiger charge is 2.31. The van der Waals surface area contributed by atoms with Crippen molar-refractivity contribution in [3.63, 3.8) is 0 Å². The SMILES string of the molecule is COc1cccc(C(=O)N2CCN(S(=O)(=O)c3ccc(OC)c(Cl)c3)CC2)c1. The zero-order valence-electron chi connectivity index (χ0n) is 15.6. The lowest BCUT2D eigenvalue weighted by Crippen LogP contribution is -2.50. The summed E-state index contributed by atoms with van der Waals surface area (Å²) < 4.78 is 37.3. The Morgan fingerprint density at radius 1 is 1.00 bits per heavy atom. The zero-order chi connectivity index (χ0) is 20.3. The second-order valence-electron chi connectivity index (χ2n) is 6.22. The van der Waals surface area contributed by atoms with Gasteiger partial charge in [0.2, 0.25) is 10.0 Å². The maximum absolute atomic E-state index is 12.9. The van der Waals surface area contributed by atoms with E-state index in [-0.39, 0.29) is 28.9 Å². The lowest BCUT2D eigenvalue weighted by molar-refractivity contribution is 0.0697. The van der Waals surface area contributed by atoms with E-state index in [1.165, 1.54) is 29.6 Å². The van der Waals surface area contributed by atoms with Crippen LogP contribution in [-0.4, -0.2) is 63.9 Å². The lowest BCUT2D eigenvalue weighted by atomic mass is 10.1. The Balaban J connectivity index is 1.70. The summed E-state index contributed by atoms with van der Waals surface area (Å²) in [6.45, 7) is 1.03. The molecular weight excluding hydrogens is 404 g/mol. The lowest BCUT2D eigenvalue weighted by Gasteiger charge is -2.34. The van der Waals surface area contributed by atoms with Gasteiger partial charge in [-0.2, -0.15) is 4.31 Å². The van der Waals surface area contributed by atoms with Crippen LogP contribution in [0.4, 0.5) is 0 Å². The van der Waals surface area contributed by atoms with Gasteiger partial charge in [0.1, 0.15) is 11.5 Å². The van der Waals surface area contributed by atoms with Crippen molar-refractivity contribution in [1.29, 1.82) is 0 Å². The van der Waals surface area contributed by atoms with Crippen molar-refractivity contribution in [2.75, 3.05) is 40.4 Å². The first kappa shape index (κ1) is 20.4. The van der Waals surface area contributed by atoms with Crippen LogP contribution in [0.1, 0.15) is 10.4 Å². The van der Waals surface area contributed by atoms with Crippen molar-refractivity contribution < 1.29 is 22.7 Å². The Kier molecular flexibility index (Phi) is 6.12. The molecule has 1 amide bonds. The number of sulfonamides is 1. The smallest absolute Gasteiger partial charge is 0.254 e. The molecule has 0 saturated carbocycles. The van der Waals surface area contributed by atoms with Gasteiger partial charge in [-0.05, 0) is 36.4 Å². The normalized spacial score (nSPS) is 15.3. The molecule has 0 spiro atoms. The van der Waals surface area contributed by atoms with Crippen LogP contribution >= 0.6 is 11.6 Å². The first-order chi connectivity index (χ1) is 13.4. The van der Waals surface area contributed by atoms with Crippen molar-refractivity contribution in [2.45, 2.75) is 4.90 Å². The second-order valence-corrected chi connectivity index (χ2v) is 8.57. The number of rotatable bonds is 5. The summed E-state index contributed by atoms with van der Waals surface area (Å²) in [5, 5.41) is 0.232. The molecule has 1 aliphatic rings. The molecular formula is C19H21ClN2O5S. The van der Waals surface area contributed by atoms with Crippen molar-refractivity contribution in [3.05, 3.63) is 53.1 Å². The minimum atomic E-state index is -3.70. The van der Waals surface area contributed by atoms with Crippen LogP contribution in [0.15, 0.2) is 47.4 Å². The summed E-state index contributed by atoms with van der Waals surface area (Å²) in [5.74, 6) is 0.862. The highest BCUT2D eigenvalue weighted by atomic mass is 35.5. The first-order valence-corrected chi connectivity index (χ1v) is 10.5. The Labute approximate surface area is 169 Å². The number of methoxy groups -OCH3 is 2. The molecule has 1 fully saturated rings. The minimum absolute atomic E-state index is 0.103. The van der Waals surface area contributed by atoms with Gasteiger partial charge < -0.3 is 14.4 Å². The molecule has 150 valence electrons. The molecule has 1 aliphatic heterocycles. The van der Waals surface area contributed by atoms with Crippen LogP contribution in [0.2, 0.25) is 5.02 Å². The quantitative estimate of drug-likeness (QED) is 0.737. The molecule has 0 unspecified atom stereocenters. The monoisotopic (exact) mass is 424 g/mol. The van der Waals surface area contributed by atoms with E-state index in [0.29, 0.717) is 30.2 Å². The number of hydrogen-bond acceptors (Lipinski definition) is 5. The second kappa shape index (κ2) is 8.38. The van der Waals surface area contributed by atoms with E-state index in [0.717, 1.165) is 0 Å². The largest absolute Gasteiger partial charge is 0.497 e. The van der Waals surface area contributed by atoms with Gasteiger partial charge in [-0.1, -0.05) is 17.7 Å². The number of ether oxygens (including phenoxy) is 2. The fourth-order valence-corrected chi connectivity index (χ4v) is 4.80. The van der Waals surface area contributed by atoms with E-state index < -0.39 is 10.0 Å². The number of amides is 1. The van der Waals surface area contributed by atoms with E-state index in [4.69, 9.17) is 21.1 Å². The molecule has 2 aromatic rings. The van der Waals surface area contributed by atoms with Gasteiger partial charge in [0.25, 0.3) is 5.91 Å². The highest BCUT2D eigenvalue weighted by Crippen LogP contribution is 2.29. The van der Waals surface area contributed by atoms with E-state index in [1.807, 2.05) is 0 Å². The molecule has 1 saturated heterocycles. The highest BCUT2D eigenvalue weighted by molar-refractivity contribution is 7.89. The summed E-state index contributed by atoms with van der Waals surface area (Å²) in [4.78, 5) is 14.4. The van der Waals surface area contributed by atoms with Crippen molar-refractivity contribution in [1.82, 2.24) is 9.21 Å². The maximum atomic E-state index is 12.9. The van der Waals surface area contributed by atoms with E-state index >= 15 is 0 Å². The third kappa shape index (κ3) is 4.09. The molecule has 3 rings (SSSR count). The molecule has 1 heterocycles. The third-order valence-electron chi connectivity index (χ3n) is 4.60. The molecule has 0 aromatic heterocycles. The average molecular weight is 425 g/mol. The molecule has 28 heavy (non-hydrogen) atoms. The predicted molar refractivity (Wildman–Crippen MR) is 106 cm³/mol. The van der Waals surface area contributed by atoms with Gasteiger partial charge in [0, 0.05) is 31.7 Å². The maximum Gasteiger partial charge on any atom is 0.254 e. The van der Waals surface area contributed by atoms with E-state index in [1.54, 1.807) is 36.3 Å². The molecule has 7 nitrogen and oxygen atoms in total. The number of halogens is 1. The molecule has 0 bridgehead atoms. The summed E-state index contributed by atoms with van der Waals surface area (Å²) in [6.07, 6.45) is 0. The van der Waals surface area contributed by atoms with Gasteiger partial charge in [-0.3, -0.25) is 4.79 Å². The van der Waals surface area contributed by atoms with Gasteiger partial charge in [-0.15, -0.1) is 0 Å². The Morgan fingerprint density at radius 2 is 1.71 bits per heavy atom. The van der Waals surface area contributed by atoms with Crippen LogP contribution in [-0.2, 0) is 10.0 Å². The van der Waals surface area contributed by atoms with Crippen LogP contribution in [0, 0.1) is 0 Å². The summed E-state index contributed by atoms with van der Waals surface area (Å²) in [5.41, 5.74) is 0.512. The van der Waals surface area contributed by atoms with Crippen LogP contribution in [0.3, 0.4) is 0 Å². The summed E-state index contributed by atoms with van der Waals surface area (Å²) >= 11 is 6.06.